The van der Waals surface area contributed by atoms with Crippen molar-refractivity contribution in [3.8, 4) is 23.0 Å². The molecule has 2 aromatic rings. The van der Waals surface area contributed by atoms with Crippen LogP contribution in [0.1, 0.15) is 0 Å². The van der Waals surface area contributed by atoms with Gasteiger partial charge >= 0.3 is 6.92 Å². The Balaban J connectivity index is 2.21. The zero-order valence-corrected chi connectivity index (χ0v) is 10.7. The zero-order valence-electron chi connectivity index (χ0n) is 10.7. The quantitative estimate of drug-likeness (QED) is 0.811. The molecule has 0 aromatic heterocycles. The lowest BCUT2D eigenvalue weighted by Crippen LogP contribution is -2.47. The van der Waals surface area contributed by atoms with Crippen molar-refractivity contribution in [1.82, 2.24) is 0 Å². The lowest BCUT2D eigenvalue weighted by molar-refractivity contribution is 0.404. The van der Waals surface area contributed by atoms with Crippen LogP contribution in [0.15, 0.2) is 36.4 Å². The van der Waals surface area contributed by atoms with Gasteiger partial charge in [0, 0.05) is 10.9 Å². The molecule has 0 saturated carbocycles. The van der Waals surface area contributed by atoms with Gasteiger partial charge in [-0.3, -0.25) is 0 Å². The van der Waals surface area contributed by atoms with Crippen LogP contribution in [0.25, 0.3) is 0 Å². The Morgan fingerprint density at radius 2 is 1.37 bits per heavy atom. The number of ether oxygens (including phenoxy) is 3. The molecule has 0 bridgehead atoms. The topological polar surface area (TPSA) is 47.9 Å². The summed E-state index contributed by atoms with van der Waals surface area (Å²) in [6.45, 7) is -0.828. The Labute approximate surface area is 111 Å². The van der Waals surface area contributed by atoms with E-state index in [0.717, 1.165) is 0 Å². The van der Waals surface area contributed by atoms with E-state index in [-0.39, 0.29) is 0 Å². The normalized spacial score (nSPS) is 12.3. The molecule has 0 atom stereocenters. The number of rotatable bonds is 2. The fraction of sp³-hybridized carbons (Fsp3) is 0.143. The van der Waals surface area contributed by atoms with E-state index in [1.807, 2.05) is 24.3 Å². The van der Waals surface area contributed by atoms with Gasteiger partial charge in [0.25, 0.3) is 0 Å². The van der Waals surface area contributed by atoms with Crippen LogP contribution in [0.2, 0.25) is 0 Å². The van der Waals surface area contributed by atoms with Crippen molar-refractivity contribution < 1.29 is 19.2 Å². The summed E-state index contributed by atoms with van der Waals surface area (Å²) in [7, 11) is 3.14. The minimum absolute atomic E-state index is 0.599. The molecule has 0 spiro atoms. The molecule has 0 fully saturated rings. The average Bonchev–Trinajstić information content (AvgIpc) is 2.45. The molecule has 0 radical (unpaired) electrons. The van der Waals surface area contributed by atoms with Crippen molar-refractivity contribution in [2.45, 2.75) is 0 Å². The molecule has 0 aliphatic carbocycles. The van der Waals surface area contributed by atoms with Gasteiger partial charge in [-0.15, -0.1) is 0 Å². The van der Waals surface area contributed by atoms with Gasteiger partial charge in [-0.05, 0) is 24.3 Å². The van der Waals surface area contributed by atoms with Gasteiger partial charge in [0.05, 0.1) is 14.2 Å². The first kappa shape index (κ1) is 11.9. The zero-order chi connectivity index (χ0) is 13.4. The van der Waals surface area contributed by atoms with E-state index in [1.165, 1.54) is 0 Å². The van der Waals surface area contributed by atoms with E-state index < -0.39 is 6.92 Å². The highest BCUT2D eigenvalue weighted by molar-refractivity contribution is 6.82. The van der Waals surface area contributed by atoms with Crippen molar-refractivity contribution in [2.75, 3.05) is 14.2 Å². The van der Waals surface area contributed by atoms with Crippen molar-refractivity contribution in [2.24, 2.45) is 0 Å². The van der Waals surface area contributed by atoms with Crippen molar-refractivity contribution >= 4 is 17.8 Å². The van der Waals surface area contributed by atoms with Gasteiger partial charge in [0.15, 0.2) is 0 Å². The molecule has 2 aromatic carbocycles. The number of benzene rings is 2. The highest BCUT2D eigenvalue weighted by atomic mass is 16.5. The molecule has 19 heavy (non-hydrogen) atoms. The largest absolute Gasteiger partial charge is 0.497 e. The molecule has 1 aliphatic heterocycles. The second-order valence-corrected chi connectivity index (χ2v) is 4.25. The molecule has 96 valence electrons. The lowest BCUT2D eigenvalue weighted by atomic mass is 9.53. The summed E-state index contributed by atoms with van der Waals surface area (Å²) < 4.78 is 16.4. The molecule has 1 heterocycles. The third-order valence-corrected chi connectivity index (χ3v) is 3.26. The molecule has 1 N–H and O–H groups in total. The van der Waals surface area contributed by atoms with E-state index in [1.54, 1.807) is 26.4 Å². The Hall–Kier alpha value is -2.14. The summed E-state index contributed by atoms with van der Waals surface area (Å²) in [6, 6.07) is 10.9. The second kappa shape index (κ2) is 4.51. The molecular formula is C14H13BO4. The second-order valence-electron chi connectivity index (χ2n) is 4.25. The summed E-state index contributed by atoms with van der Waals surface area (Å²) in [5.41, 5.74) is 1.25. The van der Waals surface area contributed by atoms with E-state index in [9.17, 15) is 5.02 Å². The smallest absolute Gasteiger partial charge is 0.374 e. The van der Waals surface area contributed by atoms with Gasteiger partial charge in [-0.25, -0.2) is 0 Å². The van der Waals surface area contributed by atoms with Crippen LogP contribution in [0.5, 0.6) is 23.0 Å². The first-order chi connectivity index (χ1) is 9.26. The third-order valence-electron chi connectivity index (χ3n) is 3.26. The Kier molecular flexibility index (Phi) is 2.83. The molecule has 0 unspecified atom stereocenters. The van der Waals surface area contributed by atoms with Crippen LogP contribution in [0, 0.1) is 0 Å². The Morgan fingerprint density at radius 1 is 0.895 bits per heavy atom. The molecular weight excluding hydrogens is 243 g/mol. The summed E-state index contributed by atoms with van der Waals surface area (Å²) >= 11 is 0. The van der Waals surface area contributed by atoms with Crippen LogP contribution in [0.4, 0.5) is 0 Å². The van der Waals surface area contributed by atoms with Gasteiger partial charge in [-0.1, -0.05) is 12.1 Å². The highest BCUT2D eigenvalue weighted by Crippen LogP contribution is 2.30. The molecule has 4 nitrogen and oxygen atoms in total. The van der Waals surface area contributed by atoms with Crippen LogP contribution in [-0.4, -0.2) is 26.2 Å². The Bertz CT molecular complexity index is 573. The summed E-state index contributed by atoms with van der Waals surface area (Å²) in [6.07, 6.45) is 0. The van der Waals surface area contributed by atoms with Gasteiger partial charge < -0.3 is 19.2 Å². The predicted molar refractivity (Wildman–Crippen MR) is 73.3 cm³/mol. The SMILES string of the molecule is COc1cccc2c1B(O)c1c(OC)cccc1O2. The Morgan fingerprint density at radius 3 is 1.79 bits per heavy atom. The minimum atomic E-state index is -0.828. The third kappa shape index (κ3) is 1.74. The van der Waals surface area contributed by atoms with Crippen molar-refractivity contribution in [1.29, 1.82) is 0 Å². The first-order valence-electron chi connectivity index (χ1n) is 5.96. The van der Waals surface area contributed by atoms with E-state index in [0.29, 0.717) is 33.9 Å². The lowest BCUT2D eigenvalue weighted by Gasteiger charge is -2.25. The van der Waals surface area contributed by atoms with Gasteiger partial charge in [0.2, 0.25) is 0 Å². The average molecular weight is 256 g/mol. The fourth-order valence-corrected chi connectivity index (χ4v) is 2.38. The summed E-state index contributed by atoms with van der Waals surface area (Å²) in [5, 5.41) is 10.6. The molecule has 5 heteroatoms. The molecule has 0 amide bonds. The standard InChI is InChI=1S/C14H13BO4/c1-17-9-5-3-7-11-13(9)15(16)14-10(18-2)6-4-8-12(14)19-11/h3-8,16H,1-2H3. The number of hydrogen-bond acceptors (Lipinski definition) is 4. The van der Waals surface area contributed by atoms with Crippen LogP contribution < -0.4 is 25.1 Å². The van der Waals surface area contributed by atoms with E-state index in [2.05, 4.69) is 0 Å². The maximum absolute atomic E-state index is 10.6. The molecule has 3 rings (SSSR count). The number of hydrogen-bond donors (Lipinski definition) is 1. The van der Waals surface area contributed by atoms with Crippen LogP contribution in [0.3, 0.4) is 0 Å². The summed E-state index contributed by atoms with van der Waals surface area (Å²) in [4.78, 5) is 0. The number of fused-ring (bicyclic) bond motifs is 2. The monoisotopic (exact) mass is 256 g/mol. The number of methoxy groups -OCH3 is 2. The van der Waals surface area contributed by atoms with Crippen molar-refractivity contribution in [3.05, 3.63) is 36.4 Å². The molecule has 1 aliphatic rings. The summed E-state index contributed by atoms with van der Waals surface area (Å²) in [5.74, 6) is 2.41. The van der Waals surface area contributed by atoms with Gasteiger partial charge in [0.1, 0.15) is 23.0 Å². The predicted octanol–water partition coefficient (Wildman–Crippen LogP) is 0.907. The minimum Gasteiger partial charge on any atom is -0.497 e. The van der Waals surface area contributed by atoms with Crippen molar-refractivity contribution in [3.63, 3.8) is 0 Å². The van der Waals surface area contributed by atoms with E-state index >= 15 is 0 Å². The van der Waals surface area contributed by atoms with Crippen LogP contribution >= 0.6 is 0 Å². The first-order valence-corrected chi connectivity index (χ1v) is 5.96. The van der Waals surface area contributed by atoms with E-state index in [4.69, 9.17) is 14.2 Å². The van der Waals surface area contributed by atoms with Gasteiger partial charge in [-0.2, -0.15) is 0 Å². The van der Waals surface area contributed by atoms with Crippen LogP contribution in [-0.2, 0) is 0 Å². The maximum Gasteiger partial charge on any atom is 0.374 e. The molecule has 0 saturated heterocycles. The highest BCUT2D eigenvalue weighted by Gasteiger charge is 2.35. The fourth-order valence-electron chi connectivity index (χ4n) is 2.38. The maximum atomic E-state index is 10.6.